The lowest BCUT2D eigenvalue weighted by Gasteiger charge is -2.24. The topological polar surface area (TPSA) is 75.7 Å². The van der Waals surface area contributed by atoms with E-state index in [-0.39, 0.29) is 22.5 Å². The molecule has 0 saturated heterocycles. The van der Waals surface area contributed by atoms with Gasteiger partial charge in [0.25, 0.3) is 5.91 Å². The zero-order chi connectivity index (χ0) is 23.3. The highest BCUT2D eigenvalue weighted by molar-refractivity contribution is 7.92. The number of benzene rings is 3. The minimum absolute atomic E-state index is 0.0415. The molecular formula is C23H22Cl2N2O4S. The molecule has 0 aliphatic heterocycles. The van der Waals surface area contributed by atoms with Crippen LogP contribution in [-0.4, -0.2) is 27.7 Å². The lowest BCUT2D eigenvalue weighted by atomic mass is 10.1. The van der Waals surface area contributed by atoms with Crippen molar-refractivity contribution < 1.29 is 17.9 Å². The normalized spacial score (nSPS) is 11.2. The van der Waals surface area contributed by atoms with E-state index < -0.39 is 10.0 Å². The predicted octanol–water partition coefficient (Wildman–Crippen LogP) is 5.36. The van der Waals surface area contributed by atoms with Crippen molar-refractivity contribution >= 4 is 50.5 Å². The number of nitrogens with zero attached hydrogens (tertiary/aromatic N) is 1. The number of ether oxygens (including phenoxy) is 1. The van der Waals surface area contributed by atoms with Gasteiger partial charge in [-0.1, -0.05) is 53.5 Å². The highest BCUT2D eigenvalue weighted by atomic mass is 35.5. The van der Waals surface area contributed by atoms with Gasteiger partial charge in [0.1, 0.15) is 0 Å². The number of halogens is 2. The molecule has 168 valence electrons. The maximum atomic E-state index is 12.6. The number of carbonyl (C=O) groups is 1. The molecular weight excluding hydrogens is 471 g/mol. The van der Waals surface area contributed by atoms with E-state index in [9.17, 15) is 13.2 Å². The summed E-state index contributed by atoms with van der Waals surface area (Å²) < 4.78 is 31.1. The second kappa shape index (κ2) is 10.4. The SMILES string of the molecule is COCc1cccc(NC(=O)c2ccc(CN(c3cccc(Cl)c3Cl)S(C)(=O)=O)cc2)c1. The Balaban J connectivity index is 1.77. The number of hydrogen-bond acceptors (Lipinski definition) is 4. The van der Waals surface area contributed by atoms with Crippen LogP contribution in [0.15, 0.2) is 66.7 Å². The summed E-state index contributed by atoms with van der Waals surface area (Å²) in [5.41, 5.74) is 3.02. The third kappa shape index (κ3) is 6.01. The highest BCUT2D eigenvalue weighted by Crippen LogP contribution is 2.34. The number of nitrogens with one attached hydrogen (secondary N) is 1. The van der Waals surface area contributed by atoms with Crippen molar-refractivity contribution in [2.75, 3.05) is 23.0 Å². The van der Waals surface area contributed by atoms with Crippen LogP contribution in [0.5, 0.6) is 0 Å². The zero-order valence-electron chi connectivity index (χ0n) is 17.5. The van der Waals surface area contributed by atoms with Crippen LogP contribution in [0, 0.1) is 0 Å². The van der Waals surface area contributed by atoms with Gasteiger partial charge in [-0.15, -0.1) is 0 Å². The summed E-state index contributed by atoms with van der Waals surface area (Å²) in [6, 6.07) is 18.9. The molecule has 3 rings (SSSR count). The number of hydrogen-bond donors (Lipinski definition) is 1. The molecule has 0 atom stereocenters. The molecule has 0 saturated carbocycles. The first-order valence-corrected chi connectivity index (χ1v) is 12.2. The molecule has 0 aliphatic carbocycles. The quantitative estimate of drug-likeness (QED) is 0.459. The molecule has 1 N–H and O–H groups in total. The summed E-state index contributed by atoms with van der Waals surface area (Å²) in [4.78, 5) is 12.6. The molecule has 0 aliphatic rings. The van der Waals surface area contributed by atoms with Gasteiger partial charge in [0, 0.05) is 18.4 Å². The molecule has 0 heterocycles. The van der Waals surface area contributed by atoms with Gasteiger partial charge in [-0.05, 0) is 47.5 Å². The Morgan fingerprint density at radius 3 is 2.34 bits per heavy atom. The van der Waals surface area contributed by atoms with Gasteiger partial charge >= 0.3 is 0 Å². The summed E-state index contributed by atoms with van der Waals surface area (Å²) in [6.45, 7) is 0.492. The third-order valence-corrected chi connectivity index (χ3v) is 6.57. The number of carbonyl (C=O) groups excluding carboxylic acids is 1. The Hall–Kier alpha value is -2.58. The molecule has 3 aromatic rings. The first-order valence-electron chi connectivity index (χ1n) is 9.59. The molecule has 0 fully saturated rings. The minimum atomic E-state index is -3.63. The summed E-state index contributed by atoms with van der Waals surface area (Å²) in [5.74, 6) is -0.274. The van der Waals surface area contributed by atoms with E-state index >= 15 is 0 Å². The molecule has 9 heteroatoms. The summed E-state index contributed by atoms with van der Waals surface area (Å²) in [7, 11) is -2.02. The van der Waals surface area contributed by atoms with Crippen molar-refractivity contribution in [3.63, 3.8) is 0 Å². The second-order valence-corrected chi connectivity index (χ2v) is 9.82. The summed E-state index contributed by atoms with van der Waals surface area (Å²) in [6.07, 6.45) is 1.10. The molecule has 1 amide bonds. The van der Waals surface area contributed by atoms with Crippen molar-refractivity contribution in [1.29, 1.82) is 0 Å². The lowest BCUT2D eigenvalue weighted by Crippen LogP contribution is -2.29. The number of sulfonamides is 1. The summed E-state index contributed by atoms with van der Waals surface area (Å²) in [5, 5.41) is 3.27. The van der Waals surface area contributed by atoms with E-state index in [0.29, 0.717) is 29.1 Å². The van der Waals surface area contributed by atoms with Crippen LogP contribution in [0.4, 0.5) is 11.4 Å². The van der Waals surface area contributed by atoms with E-state index in [4.69, 9.17) is 27.9 Å². The van der Waals surface area contributed by atoms with Gasteiger partial charge in [-0.3, -0.25) is 9.10 Å². The molecule has 32 heavy (non-hydrogen) atoms. The Morgan fingerprint density at radius 1 is 1.00 bits per heavy atom. The smallest absolute Gasteiger partial charge is 0.255 e. The molecule has 0 spiro atoms. The van der Waals surface area contributed by atoms with Crippen molar-refractivity contribution in [3.05, 3.63) is 93.5 Å². The van der Waals surface area contributed by atoms with Crippen molar-refractivity contribution in [2.24, 2.45) is 0 Å². The summed E-state index contributed by atoms with van der Waals surface area (Å²) >= 11 is 12.3. The molecule has 0 radical (unpaired) electrons. The monoisotopic (exact) mass is 492 g/mol. The second-order valence-electron chi connectivity index (χ2n) is 7.13. The Morgan fingerprint density at radius 2 is 1.69 bits per heavy atom. The highest BCUT2D eigenvalue weighted by Gasteiger charge is 2.21. The zero-order valence-corrected chi connectivity index (χ0v) is 19.8. The molecule has 0 bridgehead atoms. The Labute approximate surface area is 197 Å². The van der Waals surface area contributed by atoms with Crippen LogP contribution in [0.3, 0.4) is 0 Å². The maximum Gasteiger partial charge on any atom is 0.255 e. The fourth-order valence-electron chi connectivity index (χ4n) is 3.10. The van der Waals surface area contributed by atoms with Crippen LogP contribution >= 0.6 is 23.2 Å². The molecule has 6 nitrogen and oxygen atoms in total. The van der Waals surface area contributed by atoms with E-state index in [2.05, 4.69) is 5.32 Å². The third-order valence-electron chi connectivity index (χ3n) is 4.64. The van der Waals surface area contributed by atoms with Crippen molar-refractivity contribution in [1.82, 2.24) is 0 Å². The van der Waals surface area contributed by atoms with Gasteiger partial charge in [0.05, 0.1) is 35.1 Å². The van der Waals surface area contributed by atoms with E-state index in [0.717, 1.165) is 11.8 Å². The van der Waals surface area contributed by atoms with Crippen LogP contribution in [0.1, 0.15) is 21.5 Å². The first-order chi connectivity index (χ1) is 15.2. The fraction of sp³-hybridized carbons (Fsp3) is 0.174. The van der Waals surface area contributed by atoms with Gasteiger partial charge < -0.3 is 10.1 Å². The van der Waals surface area contributed by atoms with Crippen molar-refractivity contribution in [2.45, 2.75) is 13.2 Å². The molecule has 0 aromatic heterocycles. The van der Waals surface area contributed by atoms with Crippen LogP contribution in [0.25, 0.3) is 0 Å². The van der Waals surface area contributed by atoms with Gasteiger partial charge in [-0.25, -0.2) is 8.42 Å². The number of rotatable bonds is 8. The standard InChI is InChI=1S/C23H22Cl2N2O4S/c1-31-15-17-5-3-6-19(13-17)26-23(28)18-11-9-16(10-12-18)14-27(32(2,29)30)21-8-4-7-20(24)22(21)25/h3-13H,14-15H2,1-2H3,(H,26,28). The average molecular weight is 493 g/mol. The van der Waals surface area contributed by atoms with E-state index in [1.165, 1.54) is 4.31 Å². The largest absolute Gasteiger partial charge is 0.380 e. The minimum Gasteiger partial charge on any atom is -0.380 e. The molecule has 0 unspecified atom stereocenters. The Bertz CT molecular complexity index is 1210. The Kier molecular flexibility index (Phi) is 7.79. The lowest BCUT2D eigenvalue weighted by molar-refractivity contribution is 0.102. The van der Waals surface area contributed by atoms with Gasteiger partial charge in [-0.2, -0.15) is 0 Å². The number of anilines is 2. The predicted molar refractivity (Wildman–Crippen MR) is 129 cm³/mol. The van der Waals surface area contributed by atoms with Crippen molar-refractivity contribution in [3.8, 4) is 0 Å². The average Bonchev–Trinajstić information content (AvgIpc) is 2.74. The van der Waals surface area contributed by atoms with Crippen LogP contribution < -0.4 is 9.62 Å². The molecule has 3 aromatic carbocycles. The number of amides is 1. The van der Waals surface area contributed by atoms with E-state index in [1.807, 2.05) is 18.2 Å². The van der Waals surface area contributed by atoms with Gasteiger partial charge in [0.2, 0.25) is 10.0 Å². The van der Waals surface area contributed by atoms with Gasteiger partial charge in [0.15, 0.2) is 0 Å². The van der Waals surface area contributed by atoms with Crippen LogP contribution in [0.2, 0.25) is 10.0 Å². The van der Waals surface area contributed by atoms with Crippen LogP contribution in [-0.2, 0) is 27.9 Å². The maximum absolute atomic E-state index is 12.6. The first kappa shape index (κ1) is 24.1. The number of methoxy groups -OCH3 is 1. The van der Waals surface area contributed by atoms with E-state index in [1.54, 1.807) is 55.6 Å². The fourth-order valence-corrected chi connectivity index (χ4v) is 4.44.